The first-order chi connectivity index (χ1) is 13.3. The summed E-state index contributed by atoms with van der Waals surface area (Å²) in [4.78, 5) is 0. The minimum atomic E-state index is 0.703. The van der Waals surface area contributed by atoms with Crippen molar-refractivity contribution in [2.45, 2.75) is 12.1 Å². The van der Waals surface area contributed by atoms with Crippen molar-refractivity contribution in [3.8, 4) is 17.3 Å². The van der Waals surface area contributed by atoms with Gasteiger partial charge >= 0.3 is 0 Å². The van der Waals surface area contributed by atoms with Gasteiger partial charge in [-0.2, -0.15) is 0 Å². The molecule has 27 heavy (non-hydrogen) atoms. The van der Waals surface area contributed by atoms with E-state index in [2.05, 4.69) is 65.7 Å². The van der Waals surface area contributed by atoms with Crippen LogP contribution < -0.4 is 0 Å². The van der Waals surface area contributed by atoms with Crippen LogP contribution in [0, 0.1) is 6.92 Å². The van der Waals surface area contributed by atoms with Crippen molar-refractivity contribution in [2.75, 3.05) is 5.75 Å². The van der Waals surface area contributed by atoms with Crippen LogP contribution in [0.4, 0.5) is 0 Å². The van der Waals surface area contributed by atoms with Crippen molar-refractivity contribution in [3.05, 3.63) is 90.2 Å². The predicted octanol–water partition coefficient (Wildman–Crippen LogP) is 5.64. The fourth-order valence-electron chi connectivity index (χ4n) is 2.73. The van der Waals surface area contributed by atoms with E-state index in [0.29, 0.717) is 11.6 Å². The predicted molar refractivity (Wildman–Crippen MR) is 110 cm³/mol. The number of thioether (sulfide) groups is 1. The van der Waals surface area contributed by atoms with Gasteiger partial charge in [-0.1, -0.05) is 71.9 Å². The minimum Gasteiger partial charge on any atom is -0.461 e. The topological polar surface area (TPSA) is 43.9 Å². The summed E-state index contributed by atoms with van der Waals surface area (Å²) in [5.74, 6) is 2.21. The van der Waals surface area contributed by atoms with Crippen LogP contribution in [-0.2, 0) is 0 Å². The Hall–Kier alpha value is -3.05. The average Bonchev–Trinajstić information content (AvgIpc) is 3.36. The van der Waals surface area contributed by atoms with Gasteiger partial charge < -0.3 is 4.42 Å². The van der Waals surface area contributed by atoms with Crippen LogP contribution in [0.25, 0.3) is 23.3 Å². The fourth-order valence-corrected chi connectivity index (χ4v) is 3.49. The lowest BCUT2D eigenvalue weighted by Gasteiger charge is -2.09. The Kier molecular flexibility index (Phi) is 5.21. The third-order valence-electron chi connectivity index (χ3n) is 4.09. The number of hydrogen-bond acceptors (Lipinski definition) is 4. The number of aromatic nitrogens is 3. The van der Waals surface area contributed by atoms with E-state index < -0.39 is 0 Å². The Morgan fingerprint density at radius 1 is 0.963 bits per heavy atom. The molecule has 0 N–H and O–H groups in total. The lowest BCUT2D eigenvalue weighted by molar-refractivity contribution is 0.575. The van der Waals surface area contributed by atoms with Crippen LogP contribution in [0.5, 0.6) is 0 Å². The molecule has 0 amide bonds. The smallest absolute Gasteiger partial charge is 0.205 e. The molecule has 5 heteroatoms. The largest absolute Gasteiger partial charge is 0.461 e. The van der Waals surface area contributed by atoms with E-state index in [9.17, 15) is 0 Å². The van der Waals surface area contributed by atoms with E-state index in [1.807, 2.05) is 34.9 Å². The normalized spacial score (nSPS) is 11.3. The maximum Gasteiger partial charge on any atom is 0.205 e. The van der Waals surface area contributed by atoms with E-state index in [4.69, 9.17) is 4.42 Å². The quantitative estimate of drug-likeness (QED) is 0.410. The molecule has 134 valence electrons. The van der Waals surface area contributed by atoms with Crippen LogP contribution in [0.2, 0.25) is 0 Å². The molecule has 4 aromatic rings. The number of aryl methyl sites for hydroxylation is 1. The summed E-state index contributed by atoms with van der Waals surface area (Å²) in [5, 5.41) is 9.60. The maximum atomic E-state index is 5.56. The first-order valence-corrected chi connectivity index (χ1v) is 9.70. The Morgan fingerprint density at radius 3 is 2.52 bits per heavy atom. The summed E-state index contributed by atoms with van der Waals surface area (Å²) in [7, 11) is 0. The van der Waals surface area contributed by atoms with Crippen molar-refractivity contribution in [3.63, 3.8) is 0 Å². The highest BCUT2D eigenvalue weighted by Crippen LogP contribution is 2.28. The van der Waals surface area contributed by atoms with Crippen molar-refractivity contribution in [1.82, 2.24) is 14.8 Å². The average molecular weight is 373 g/mol. The molecule has 0 saturated heterocycles. The summed E-state index contributed by atoms with van der Waals surface area (Å²) in [6, 6.07) is 22.4. The van der Waals surface area contributed by atoms with Gasteiger partial charge in [-0.05, 0) is 36.8 Å². The summed E-state index contributed by atoms with van der Waals surface area (Å²) in [6.45, 7) is 2.08. The molecule has 4 nitrogen and oxygen atoms in total. The molecule has 0 radical (unpaired) electrons. The number of hydrogen-bond donors (Lipinski definition) is 0. The van der Waals surface area contributed by atoms with Gasteiger partial charge in [0.1, 0.15) is 0 Å². The van der Waals surface area contributed by atoms with Crippen LogP contribution in [-0.4, -0.2) is 20.5 Å². The zero-order valence-electron chi connectivity index (χ0n) is 14.9. The van der Waals surface area contributed by atoms with Crippen molar-refractivity contribution in [1.29, 1.82) is 0 Å². The Balaban J connectivity index is 1.60. The molecule has 2 aromatic carbocycles. The second-order valence-corrected chi connectivity index (χ2v) is 7.07. The highest BCUT2D eigenvalue weighted by Gasteiger charge is 2.17. The molecule has 2 heterocycles. The van der Waals surface area contributed by atoms with E-state index in [1.165, 1.54) is 11.1 Å². The van der Waals surface area contributed by atoms with Gasteiger partial charge in [0.25, 0.3) is 0 Å². The van der Waals surface area contributed by atoms with E-state index in [1.54, 1.807) is 18.0 Å². The lowest BCUT2D eigenvalue weighted by Crippen LogP contribution is -1.99. The molecule has 4 rings (SSSR count). The summed E-state index contributed by atoms with van der Waals surface area (Å²) < 4.78 is 7.60. The zero-order valence-corrected chi connectivity index (χ0v) is 15.8. The lowest BCUT2D eigenvalue weighted by atomic mass is 10.2. The molecule has 0 aliphatic heterocycles. The summed E-state index contributed by atoms with van der Waals surface area (Å²) in [5.41, 5.74) is 3.42. The summed E-state index contributed by atoms with van der Waals surface area (Å²) >= 11 is 1.64. The molecular formula is C22H19N3OS. The second-order valence-electron chi connectivity index (χ2n) is 6.08. The first kappa shape index (κ1) is 17.4. The second kappa shape index (κ2) is 8.10. The molecule has 0 aliphatic carbocycles. The molecule has 0 unspecified atom stereocenters. The van der Waals surface area contributed by atoms with Crippen molar-refractivity contribution in [2.24, 2.45) is 0 Å². The number of rotatable bonds is 6. The third kappa shape index (κ3) is 4.04. The molecule has 0 saturated carbocycles. The van der Waals surface area contributed by atoms with Crippen LogP contribution in [0.15, 0.2) is 88.6 Å². The zero-order chi connectivity index (χ0) is 18.5. The molecular weight excluding hydrogens is 354 g/mol. The highest BCUT2D eigenvalue weighted by molar-refractivity contribution is 7.99. The van der Waals surface area contributed by atoms with Gasteiger partial charge in [-0.15, -0.1) is 10.2 Å². The number of nitrogens with zero attached hydrogens (tertiary/aromatic N) is 3. The van der Waals surface area contributed by atoms with Gasteiger partial charge in [0, 0.05) is 11.4 Å². The van der Waals surface area contributed by atoms with Crippen LogP contribution in [0.3, 0.4) is 0 Å². The minimum absolute atomic E-state index is 0.703. The van der Waals surface area contributed by atoms with Crippen molar-refractivity contribution >= 4 is 17.8 Å². The molecule has 0 spiro atoms. The van der Waals surface area contributed by atoms with Gasteiger partial charge in [0.05, 0.1) is 6.26 Å². The van der Waals surface area contributed by atoms with Crippen LogP contribution in [0.1, 0.15) is 11.1 Å². The molecule has 2 aromatic heterocycles. The molecule has 0 atom stereocenters. The van der Waals surface area contributed by atoms with Crippen LogP contribution >= 0.6 is 11.8 Å². The fraction of sp³-hybridized carbons (Fsp3) is 0.0909. The molecule has 0 aliphatic rings. The Labute approximate surface area is 162 Å². The number of furan rings is 1. The van der Waals surface area contributed by atoms with Gasteiger partial charge in [-0.25, -0.2) is 0 Å². The molecule has 0 fully saturated rings. The first-order valence-electron chi connectivity index (χ1n) is 8.72. The SMILES string of the molecule is Cc1ccc(-n2c(SCC=Cc3ccccc3)nnc2-c2ccco2)cc1. The Morgan fingerprint density at radius 2 is 1.78 bits per heavy atom. The van der Waals surface area contributed by atoms with Crippen molar-refractivity contribution < 1.29 is 4.42 Å². The summed E-state index contributed by atoms with van der Waals surface area (Å²) in [6.07, 6.45) is 5.91. The standard InChI is InChI=1S/C22H19N3OS/c1-17-11-13-19(14-12-17)25-21(20-10-5-15-26-20)23-24-22(25)27-16-6-9-18-7-3-2-4-8-18/h2-15H,16H2,1H3. The monoisotopic (exact) mass is 373 g/mol. The van der Waals surface area contributed by atoms with Gasteiger partial charge in [0.2, 0.25) is 5.82 Å². The van der Waals surface area contributed by atoms with E-state index >= 15 is 0 Å². The third-order valence-corrected chi connectivity index (χ3v) is 4.97. The highest BCUT2D eigenvalue weighted by atomic mass is 32.2. The maximum absolute atomic E-state index is 5.56. The van der Waals surface area contributed by atoms with Gasteiger partial charge in [-0.3, -0.25) is 4.57 Å². The van der Waals surface area contributed by atoms with E-state index in [-0.39, 0.29) is 0 Å². The number of benzene rings is 2. The molecule has 0 bridgehead atoms. The van der Waals surface area contributed by atoms with E-state index in [0.717, 1.165) is 16.6 Å². The van der Waals surface area contributed by atoms with Gasteiger partial charge in [0.15, 0.2) is 10.9 Å². The Bertz CT molecular complexity index is 1020.